The molecule has 0 aliphatic heterocycles. The Hall–Kier alpha value is -1.81. The molecule has 1 aliphatic rings. The lowest BCUT2D eigenvalue weighted by atomic mass is 10.2. The van der Waals surface area contributed by atoms with E-state index in [0.29, 0.717) is 6.04 Å². The number of carbonyl (C=O) groups excluding carboxylic acids is 1. The van der Waals surface area contributed by atoms with Gasteiger partial charge >= 0.3 is 0 Å². The summed E-state index contributed by atoms with van der Waals surface area (Å²) in [5.41, 5.74) is 0.923. The lowest BCUT2D eigenvalue weighted by molar-refractivity contribution is -0.126. The summed E-state index contributed by atoms with van der Waals surface area (Å²) >= 11 is 1.75. The summed E-state index contributed by atoms with van der Waals surface area (Å²) in [6.07, 6.45) is 9.92. The minimum atomic E-state index is 0.102. The molecule has 0 saturated heterocycles. The largest absolute Gasteiger partial charge is 0.472 e. The van der Waals surface area contributed by atoms with E-state index in [1.165, 1.54) is 4.88 Å². The van der Waals surface area contributed by atoms with Gasteiger partial charge in [-0.25, -0.2) is 0 Å². The monoisotopic (exact) mass is 287 g/mol. The summed E-state index contributed by atoms with van der Waals surface area (Å²) in [7, 11) is 0. The van der Waals surface area contributed by atoms with E-state index < -0.39 is 0 Å². The van der Waals surface area contributed by atoms with Gasteiger partial charge in [-0.15, -0.1) is 11.3 Å². The van der Waals surface area contributed by atoms with Gasteiger partial charge in [0.2, 0.25) is 5.91 Å². The number of furan rings is 1. The van der Waals surface area contributed by atoms with Crippen molar-refractivity contribution < 1.29 is 9.21 Å². The molecule has 1 fully saturated rings. The summed E-state index contributed by atoms with van der Waals surface area (Å²) in [5.74, 6) is 0.102. The van der Waals surface area contributed by atoms with Gasteiger partial charge in [0.1, 0.15) is 0 Å². The van der Waals surface area contributed by atoms with Gasteiger partial charge in [0.25, 0.3) is 0 Å². The third-order valence-electron chi connectivity index (χ3n) is 3.41. The predicted octanol–water partition coefficient (Wildman–Crippen LogP) is 3.59. The zero-order chi connectivity index (χ0) is 13.8. The highest BCUT2D eigenvalue weighted by atomic mass is 32.1. The fraction of sp³-hybridized carbons (Fsp3) is 0.312. The van der Waals surface area contributed by atoms with E-state index >= 15 is 0 Å². The van der Waals surface area contributed by atoms with Crippen LogP contribution >= 0.6 is 11.3 Å². The highest BCUT2D eigenvalue weighted by Crippen LogP contribution is 2.27. The van der Waals surface area contributed by atoms with Crippen molar-refractivity contribution in [2.75, 3.05) is 6.54 Å². The van der Waals surface area contributed by atoms with Gasteiger partial charge < -0.3 is 9.32 Å². The van der Waals surface area contributed by atoms with E-state index in [2.05, 4.69) is 17.5 Å². The van der Waals surface area contributed by atoms with Crippen molar-refractivity contribution in [1.82, 2.24) is 4.90 Å². The smallest absolute Gasteiger partial charge is 0.246 e. The van der Waals surface area contributed by atoms with Crippen LogP contribution in [0.5, 0.6) is 0 Å². The lowest BCUT2D eigenvalue weighted by Gasteiger charge is -2.20. The Balaban J connectivity index is 1.59. The topological polar surface area (TPSA) is 33.5 Å². The van der Waals surface area contributed by atoms with Crippen LogP contribution in [0.15, 0.2) is 46.6 Å². The number of nitrogens with zero attached hydrogens (tertiary/aromatic N) is 1. The maximum atomic E-state index is 12.3. The van der Waals surface area contributed by atoms with Crippen LogP contribution in [-0.4, -0.2) is 23.4 Å². The van der Waals surface area contributed by atoms with Gasteiger partial charge in [-0.1, -0.05) is 6.07 Å². The minimum Gasteiger partial charge on any atom is -0.472 e. The number of thiophene rings is 1. The van der Waals surface area contributed by atoms with E-state index in [0.717, 1.165) is 31.4 Å². The average molecular weight is 287 g/mol. The first-order valence-electron chi connectivity index (χ1n) is 6.86. The normalized spacial score (nSPS) is 14.8. The van der Waals surface area contributed by atoms with Crippen LogP contribution in [0.3, 0.4) is 0 Å². The second kappa shape index (κ2) is 6.09. The van der Waals surface area contributed by atoms with Crippen LogP contribution in [0.4, 0.5) is 0 Å². The molecule has 1 amide bonds. The molecule has 0 unspecified atom stereocenters. The molecule has 20 heavy (non-hydrogen) atoms. The first-order valence-corrected chi connectivity index (χ1v) is 7.74. The second-order valence-corrected chi connectivity index (χ2v) is 6.01. The lowest BCUT2D eigenvalue weighted by Crippen LogP contribution is -2.33. The number of hydrogen-bond acceptors (Lipinski definition) is 3. The van der Waals surface area contributed by atoms with Crippen LogP contribution in [0.2, 0.25) is 0 Å². The predicted molar refractivity (Wildman–Crippen MR) is 80.5 cm³/mol. The molecule has 0 N–H and O–H groups in total. The fourth-order valence-electron chi connectivity index (χ4n) is 2.18. The highest BCUT2D eigenvalue weighted by molar-refractivity contribution is 7.09. The summed E-state index contributed by atoms with van der Waals surface area (Å²) in [6, 6.07) is 6.47. The van der Waals surface area contributed by atoms with Crippen molar-refractivity contribution >= 4 is 23.3 Å². The Kier molecular flexibility index (Phi) is 4.02. The van der Waals surface area contributed by atoms with E-state index in [1.54, 1.807) is 29.9 Å². The summed E-state index contributed by atoms with van der Waals surface area (Å²) in [6.45, 7) is 0.805. The molecule has 0 bridgehead atoms. The molecule has 3 rings (SSSR count). The molecule has 2 aromatic heterocycles. The van der Waals surface area contributed by atoms with E-state index in [4.69, 9.17) is 4.42 Å². The highest BCUT2D eigenvalue weighted by Gasteiger charge is 2.31. The molecule has 0 aromatic carbocycles. The Bertz CT molecular complexity index is 568. The van der Waals surface area contributed by atoms with Crippen molar-refractivity contribution in [3.63, 3.8) is 0 Å². The first-order chi connectivity index (χ1) is 9.83. The molecule has 4 heteroatoms. The van der Waals surface area contributed by atoms with Gasteiger partial charge in [-0.3, -0.25) is 4.79 Å². The first kappa shape index (κ1) is 13.2. The molecular formula is C16H17NO2S. The summed E-state index contributed by atoms with van der Waals surface area (Å²) < 4.78 is 4.99. The van der Waals surface area contributed by atoms with Crippen molar-refractivity contribution in [3.8, 4) is 0 Å². The molecule has 3 nitrogen and oxygen atoms in total. The molecule has 0 radical (unpaired) electrons. The van der Waals surface area contributed by atoms with E-state index in [9.17, 15) is 4.79 Å². The molecule has 0 spiro atoms. The number of amides is 1. The fourth-order valence-corrected chi connectivity index (χ4v) is 2.88. The average Bonchev–Trinajstić information content (AvgIpc) is 2.95. The molecular weight excluding hydrogens is 270 g/mol. The van der Waals surface area contributed by atoms with Crippen LogP contribution in [0.1, 0.15) is 23.3 Å². The molecule has 104 valence electrons. The number of rotatable bonds is 6. The van der Waals surface area contributed by atoms with Gasteiger partial charge in [0.05, 0.1) is 12.5 Å². The quantitative estimate of drug-likeness (QED) is 0.761. The Morgan fingerprint density at radius 3 is 3.00 bits per heavy atom. The van der Waals surface area contributed by atoms with Crippen molar-refractivity contribution in [3.05, 3.63) is 52.6 Å². The van der Waals surface area contributed by atoms with Crippen LogP contribution in [0, 0.1) is 0 Å². The third-order valence-corrected chi connectivity index (χ3v) is 4.35. The number of carbonyl (C=O) groups is 1. The summed E-state index contributed by atoms with van der Waals surface area (Å²) in [4.78, 5) is 15.6. The molecule has 0 atom stereocenters. The minimum absolute atomic E-state index is 0.102. The molecule has 1 aliphatic carbocycles. The molecule has 2 aromatic rings. The molecule has 1 saturated carbocycles. The maximum absolute atomic E-state index is 12.3. The Labute approximate surface area is 122 Å². The van der Waals surface area contributed by atoms with Gasteiger partial charge in [0.15, 0.2) is 0 Å². The van der Waals surface area contributed by atoms with Crippen molar-refractivity contribution in [2.45, 2.75) is 25.3 Å². The van der Waals surface area contributed by atoms with Crippen molar-refractivity contribution in [1.29, 1.82) is 0 Å². The number of hydrogen-bond donors (Lipinski definition) is 0. The van der Waals surface area contributed by atoms with Crippen LogP contribution in [0.25, 0.3) is 6.08 Å². The molecule has 2 heterocycles. The van der Waals surface area contributed by atoms with Crippen LogP contribution < -0.4 is 0 Å². The zero-order valence-corrected chi connectivity index (χ0v) is 12.0. The van der Waals surface area contributed by atoms with E-state index in [-0.39, 0.29) is 5.91 Å². The summed E-state index contributed by atoms with van der Waals surface area (Å²) in [5, 5.41) is 2.08. The van der Waals surface area contributed by atoms with Gasteiger partial charge in [-0.2, -0.15) is 0 Å². The third kappa shape index (κ3) is 3.39. The maximum Gasteiger partial charge on any atom is 0.246 e. The SMILES string of the molecule is O=C(C=Cc1ccoc1)N(CCc1cccs1)C1CC1. The second-order valence-electron chi connectivity index (χ2n) is 4.98. The standard InChI is InChI=1S/C16H17NO2S/c18-16(6-3-13-8-10-19-12-13)17(14-4-5-14)9-7-15-2-1-11-20-15/h1-3,6,8,10-12,14H,4-5,7,9H2. The van der Waals surface area contributed by atoms with Crippen LogP contribution in [-0.2, 0) is 11.2 Å². The van der Waals surface area contributed by atoms with E-state index in [1.807, 2.05) is 17.0 Å². The Morgan fingerprint density at radius 1 is 1.45 bits per heavy atom. The zero-order valence-electron chi connectivity index (χ0n) is 11.2. The van der Waals surface area contributed by atoms with Crippen molar-refractivity contribution in [2.24, 2.45) is 0 Å². The Morgan fingerprint density at radius 2 is 2.35 bits per heavy atom. The van der Waals surface area contributed by atoms with Gasteiger partial charge in [0, 0.05) is 29.1 Å². The van der Waals surface area contributed by atoms with Gasteiger partial charge in [-0.05, 0) is 42.9 Å².